The number of nitrogens with one attached hydrogen (secondary N) is 1. The monoisotopic (exact) mass is 387 g/mol. The number of H-pyrrole nitrogens is 1. The van der Waals surface area contributed by atoms with Crippen LogP contribution in [0.15, 0.2) is 48.5 Å². The number of halogens is 2. The molecular formula is C16H11ClFN7S. The van der Waals surface area contributed by atoms with Crippen molar-refractivity contribution in [2.45, 2.75) is 6.54 Å². The van der Waals surface area contributed by atoms with Crippen LogP contribution >= 0.6 is 23.8 Å². The van der Waals surface area contributed by atoms with Crippen LogP contribution in [-0.4, -0.2) is 35.0 Å². The number of aromatic amines is 1. The Balaban J connectivity index is 1.64. The number of hydrogen-bond acceptors (Lipinski definition) is 5. The summed E-state index contributed by atoms with van der Waals surface area (Å²) in [5.41, 5.74) is 1.50. The number of aromatic nitrogens is 7. The number of benzene rings is 2. The third-order valence-corrected chi connectivity index (χ3v) is 4.19. The highest BCUT2D eigenvalue weighted by molar-refractivity contribution is 7.71. The average Bonchev–Trinajstić information content (AvgIpc) is 3.24. The molecule has 0 aliphatic heterocycles. The van der Waals surface area contributed by atoms with E-state index in [9.17, 15) is 4.39 Å². The molecule has 0 radical (unpaired) electrons. The Morgan fingerprint density at radius 3 is 2.54 bits per heavy atom. The van der Waals surface area contributed by atoms with Gasteiger partial charge in [-0.15, -0.1) is 10.2 Å². The first kappa shape index (κ1) is 16.6. The molecule has 2 heterocycles. The number of hydrogen-bond donors (Lipinski definition) is 1. The van der Waals surface area contributed by atoms with Gasteiger partial charge in [-0.25, -0.2) is 4.39 Å². The van der Waals surface area contributed by atoms with Gasteiger partial charge in [0.15, 0.2) is 10.6 Å². The van der Waals surface area contributed by atoms with Gasteiger partial charge in [-0.1, -0.05) is 11.6 Å². The van der Waals surface area contributed by atoms with Gasteiger partial charge in [0.05, 0.1) is 0 Å². The number of tetrazole rings is 1. The summed E-state index contributed by atoms with van der Waals surface area (Å²) in [6.45, 7) is 0.254. The lowest BCUT2D eigenvalue weighted by Gasteiger charge is -2.06. The zero-order valence-electron chi connectivity index (χ0n) is 13.2. The molecule has 0 amide bonds. The number of nitrogens with zero attached hydrogens (tertiary/aromatic N) is 6. The van der Waals surface area contributed by atoms with Crippen LogP contribution in [0.4, 0.5) is 4.39 Å². The fourth-order valence-corrected chi connectivity index (χ4v) is 2.83. The quantitative estimate of drug-likeness (QED) is 0.543. The summed E-state index contributed by atoms with van der Waals surface area (Å²) < 4.78 is 15.2. The molecule has 1 N–H and O–H groups in total. The van der Waals surface area contributed by atoms with E-state index < -0.39 is 0 Å². The molecule has 0 saturated carbocycles. The molecule has 0 bridgehead atoms. The van der Waals surface area contributed by atoms with Crippen molar-refractivity contribution in [3.05, 3.63) is 70.0 Å². The van der Waals surface area contributed by atoms with Crippen molar-refractivity contribution in [2.75, 3.05) is 0 Å². The molecule has 0 atom stereocenters. The molecule has 0 saturated heterocycles. The Bertz CT molecular complexity index is 1100. The third-order valence-electron chi connectivity index (χ3n) is 3.66. The molecular weight excluding hydrogens is 377 g/mol. The van der Waals surface area contributed by atoms with E-state index in [4.69, 9.17) is 23.8 Å². The van der Waals surface area contributed by atoms with Crippen molar-refractivity contribution in [1.29, 1.82) is 0 Å². The van der Waals surface area contributed by atoms with Gasteiger partial charge in [-0.3, -0.25) is 9.67 Å². The molecule has 10 heteroatoms. The van der Waals surface area contributed by atoms with Crippen LogP contribution in [0.1, 0.15) is 5.82 Å². The molecule has 7 nitrogen and oxygen atoms in total. The molecule has 130 valence electrons. The van der Waals surface area contributed by atoms with Gasteiger partial charge < -0.3 is 0 Å². The van der Waals surface area contributed by atoms with Crippen molar-refractivity contribution < 1.29 is 4.39 Å². The predicted octanol–water partition coefficient (Wildman–Crippen LogP) is 3.42. The zero-order valence-corrected chi connectivity index (χ0v) is 14.7. The highest BCUT2D eigenvalue weighted by atomic mass is 35.5. The highest BCUT2D eigenvalue weighted by Gasteiger charge is 2.12. The Morgan fingerprint density at radius 1 is 1.08 bits per heavy atom. The molecule has 2 aromatic carbocycles. The van der Waals surface area contributed by atoms with E-state index >= 15 is 0 Å². The van der Waals surface area contributed by atoms with E-state index in [1.54, 1.807) is 28.8 Å². The lowest BCUT2D eigenvalue weighted by molar-refractivity contribution is 0.548. The van der Waals surface area contributed by atoms with E-state index in [2.05, 4.69) is 25.6 Å². The maximum atomic E-state index is 13.0. The Kier molecular flexibility index (Phi) is 4.31. The van der Waals surface area contributed by atoms with Crippen LogP contribution < -0.4 is 0 Å². The van der Waals surface area contributed by atoms with Gasteiger partial charge in [0.2, 0.25) is 5.82 Å². The first-order chi connectivity index (χ1) is 12.6. The van der Waals surface area contributed by atoms with Gasteiger partial charge in [0.1, 0.15) is 12.4 Å². The second kappa shape index (κ2) is 6.77. The summed E-state index contributed by atoms with van der Waals surface area (Å²) in [5, 5.41) is 20.0. The Morgan fingerprint density at radius 2 is 1.81 bits per heavy atom. The van der Waals surface area contributed by atoms with Gasteiger partial charge in [0.25, 0.3) is 0 Å². The van der Waals surface area contributed by atoms with Crippen LogP contribution in [0.25, 0.3) is 17.1 Å². The predicted molar refractivity (Wildman–Crippen MR) is 96.1 cm³/mol. The van der Waals surface area contributed by atoms with E-state index in [-0.39, 0.29) is 12.4 Å². The van der Waals surface area contributed by atoms with Crippen molar-refractivity contribution in [3.8, 4) is 17.1 Å². The largest absolute Gasteiger partial charge is 0.271 e. The molecule has 0 fully saturated rings. The first-order valence-electron chi connectivity index (χ1n) is 7.56. The van der Waals surface area contributed by atoms with Crippen molar-refractivity contribution in [3.63, 3.8) is 0 Å². The summed E-state index contributed by atoms with van der Waals surface area (Å²) in [4.78, 5) is 1.40. The third kappa shape index (κ3) is 3.26. The lowest BCUT2D eigenvalue weighted by atomic mass is 10.2. The Hall–Kier alpha value is -2.91. The molecule has 0 aliphatic carbocycles. The summed E-state index contributed by atoms with van der Waals surface area (Å²) in [7, 11) is 0. The van der Waals surface area contributed by atoms with Crippen LogP contribution in [0.3, 0.4) is 0 Å². The topological polar surface area (TPSA) is 77.2 Å². The minimum atomic E-state index is -0.320. The summed E-state index contributed by atoms with van der Waals surface area (Å²) in [6, 6.07) is 13.1. The fraction of sp³-hybridized carbons (Fsp3) is 0.0625. The van der Waals surface area contributed by atoms with Crippen LogP contribution in [0.2, 0.25) is 5.02 Å². The maximum absolute atomic E-state index is 13.0. The van der Waals surface area contributed by atoms with Crippen molar-refractivity contribution in [2.24, 2.45) is 0 Å². The van der Waals surface area contributed by atoms with Crippen LogP contribution in [0.5, 0.6) is 0 Å². The molecule has 0 aliphatic rings. The second-order valence-corrected chi connectivity index (χ2v) is 6.23. The smallest absolute Gasteiger partial charge is 0.204 e. The van der Waals surface area contributed by atoms with E-state index in [1.165, 1.54) is 16.9 Å². The van der Waals surface area contributed by atoms with Gasteiger partial charge >= 0.3 is 0 Å². The van der Waals surface area contributed by atoms with E-state index in [0.29, 0.717) is 27.0 Å². The second-order valence-electron chi connectivity index (χ2n) is 5.41. The van der Waals surface area contributed by atoms with Crippen LogP contribution in [-0.2, 0) is 6.54 Å². The van der Waals surface area contributed by atoms with Gasteiger partial charge in [-0.05, 0) is 66.0 Å². The molecule has 4 rings (SSSR count). The normalized spacial score (nSPS) is 11.0. The van der Waals surface area contributed by atoms with E-state index in [0.717, 1.165) is 5.69 Å². The minimum absolute atomic E-state index is 0.254. The SMILES string of the molecule is Fc1ccc(-c2nnn(Cc3n[nH]c(=S)n3-c3ccc(Cl)cc3)n2)cc1. The van der Waals surface area contributed by atoms with Gasteiger partial charge in [-0.2, -0.15) is 9.90 Å². The average molecular weight is 388 g/mol. The standard InChI is InChI=1S/C16H11ClFN7S/c17-11-3-7-13(8-4-11)25-14(19-21-16(25)26)9-24-22-15(20-23-24)10-1-5-12(18)6-2-10/h1-8H,9H2,(H,21,26). The van der Waals surface area contributed by atoms with Crippen molar-refractivity contribution in [1.82, 2.24) is 35.0 Å². The Labute approximate surface area is 157 Å². The molecule has 2 aromatic heterocycles. The number of rotatable bonds is 4. The van der Waals surface area contributed by atoms with Crippen molar-refractivity contribution >= 4 is 23.8 Å². The van der Waals surface area contributed by atoms with E-state index in [1.807, 2.05) is 12.1 Å². The summed E-state index contributed by atoms with van der Waals surface area (Å²) >= 11 is 11.2. The lowest BCUT2D eigenvalue weighted by Crippen LogP contribution is -2.10. The highest BCUT2D eigenvalue weighted by Crippen LogP contribution is 2.17. The minimum Gasteiger partial charge on any atom is -0.271 e. The summed E-state index contributed by atoms with van der Waals surface area (Å²) in [6.07, 6.45) is 0. The molecule has 26 heavy (non-hydrogen) atoms. The maximum Gasteiger partial charge on any atom is 0.204 e. The zero-order chi connectivity index (χ0) is 18.1. The van der Waals surface area contributed by atoms with Gasteiger partial charge in [0, 0.05) is 16.3 Å². The van der Waals surface area contributed by atoms with Crippen LogP contribution in [0, 0.1) is 10.6 Å². The first-order valence-corrected chi connectivity index (χ1v) is 8.35. The summed E-state index contributed by atoms with van der Waals surface area (Å²) in [5.74, 6) is 0.692. The molecule has 0 unspecified atom stereocenters. The fourth-order valence-electron chi connectivity index (χ4n) is 2.44. The molecule has 0 spiro atoms. The molecule has 4 aromatic rings.